The molecule has 0 radical (unpaired) electrons. The van der Waals surface area contributed by atoms with Crippen molar-refractivity contribution in [2.24, 2.45) is 11.0 Å². The highest BCUT2D eigenvalue weighted by Crippen LogP contribution is 2.47. The fourth-order valence-electron chi connectivity index (χ4n) is 2.99. The summed E-state index contributed by atoms with van der Waals surface area (Å²) in [6.45, 7) is 8.33. The number of amides is 1. The minimum Gasteiger partial charge on any atom is -0.460 e. The highest BCUT2D eigenvalue weighted by Gasteiger charge is 2.36. The van der Waals surface area contributed by atoms with Crippen LogP contribution in [-0.2, 0) is 0 Å². The van der Waals surface area contributed by atoms with Crippen LogP contribution in [0.2, 0.25) is 0 Å². The smallest absolute Gasteiger partial charge is 0.271 e. The fraction of sp³-hybridized carbons (Fsp3) is 0.400. The number of hydrazone groups is 1. The Morgan fingerprint density at radius 2 is 1.92 bits per heavy atom. The Morgan fingerprint density at radius 3 is 2.52 bits per heavy atom. The van der Waals surface area contributed by atoms with Crippen molar-refractivity contribution in [2.45, 2.75) is 33.1 Å². The van der Waals surface area contributed by atoms with Gasteiger partial charge in [-0.25, -0.2) is 5.43 Å². The first-order valence-electron chi connectivity index (χ1n) is 8.90. The van der Waals surface area contributed by atoms with Crippen molar-refractivity contribution in [3.63, 3.8) is 0 Å². The average Bonchev–Trinajstić information content (AvgIpc) is 3.17. The van der Waals surface area contributed by atoms with E-state index in [1.165, 1.54) is 6.42 Å². The fourth-order valence-corrected chi connectivity index (χ4v) is 2.99. The van der Waals surface area contributed by atoms with Crippen LogP contribution in [0.3, 0.4) is 0 Å². The van der Waals surface area contributed by atoms with E-state index in [4.69, 9.17) is 4.42 Å². The highest BCUT2D eigenvalue weighted by atomic mass is 16.3. The van der Waals surface area contributed by atoms with Gasteiger partial charge in [-0.1, -0.05) is 6.92 Å². The lowest BCUT2D eigenvalue weighted by Crippen LogP contribution is -2.22. The number of benzene rings is 1. The first-order valence-corrected chi connectivity index (χ1v) is 8.90. The van der Waals surface area contributed by atoms with E-state index in [1.807, 2.05) is 36.4 Å². The van der Waals surface area contributed by atoms with Gasteiger partial charge in [0.2, 0.25) is 0 Å². The Kier molecular flexibility index (Phi) is 5.22. The molecule has 5 nitrogen and oxygen atoms in total. The molecule has 1 amide bonds. The maximum absolute atomic E-state index is 12.2. The summed E-state index contributed by atoms with van der Waals surface area (Å²) in [4.78, 5) is 14.4. The van der Waals surface area contributed by atoms with Crippen LogP contribution in [0.15, 0.2) is 45.9 Å². The molecule has 25 heavy (non-hydrogen) atoms. The third kappa shape index (κ3) is 4.10. The van der Waals surface area contributed by atoms with Crippen LogP contribution >= 0.6 is 0 Å². The molecule has 3 rings (SSSR count). The van der Waals surface area contributed by atoms with Crippen molar-refractivity contribution in [3.05, 3.63) is 53.5 Å². The van der Waals surface area contributed by atoms with Gasteiger partial charge in [0.25, 0.3) is 5.91 Å². The zero-order valence-electron chi connectivity index (χ0n) is 15.0. The van der Waals surface area contributed by atoms with Crippen molar-refractivity contribution in [1.29, 1.82) is 0 Å². The summed E-state index contributed by atoms with van der Waals surface area (Å²) in [5, 5.41) is 3.99. The number of furan rings is 1. The van der Waals surface area contributed by atoms with Gasteiger partial charge in [0.1, 0.15) is 11.5 Å². The predicted octanol–water partition coefficient (Wildman–Crippen LogP) is 4.01. The molecule has 0 unspecified atom stereocenters. The van der Waals surface area contributed by atoms with Crippen molar-refractivity contribution in [3.8, 4) is 0 Å². The lowest BCUT2D eigenvalue weighted by Gasteiger charge is -2.20. The molecule has 1 aliphatic carbocycles. The summed E-state index contributed by atoms with van der Waals surface area (Å²) >= 11 is 0. The van der Waals surface area contributed by atoms with E-state index in [9.17, 15) is 4.79 Å². The molecule has 1 aliphatic rings. The van der Waals surface area contributed by atoms with E-state index < -0.39 is 0 Å². The normalized spacial score (nSPS) is 19.2. The van der Waals surface area contributed by atoms with Gasteiger partial charge in [-0.05, 0) is 62.6 Å². The van der Waals surface area contributed by atoms with E-state index in [0.29, 0.717) is 23.2 Å². The van der Waals surface area contributed by atoms with Crippen LogP contribution in [0.4, 0.5) is 5.69 Å². The van der Waals surface area contributed by atoms with Gasteiger partial charge in [0, 0.05) is 30.3 Å². The molecule has 0 bridgehead atoms. The van der Waals surface area contributed by atoms with Crippen LogP contribution in [0.1, 0.15) is 55.0 Å². The van der Waals surface area contributed by atoms with Crippen LogP contribution in [0.5, 0.6) is 0 Å². The second-order valence-electron chi connectivity index (χ2n) is 6.48. The van der Waals surface area contributed by atoms with Crippen molar-refractivity contribution >= 4 is 17.8 Å². The summed E-state index contributed by atoms with van der Waals surface area (Å²) in [7, 11) is 0. The van der Waals surface area contributed by atoms with E-state index in [0.717, 1.165) is 24.5 Å². The lowest BCUT2D eigenvalue weighted by atomic mass is 10.2. The van der Waals surface area contributed by atoms with Gasteiger partial charge >= 0.3 is 0 Å². The first-order chi connectivity index (χ1) is 12.1. The molecule has 2 atom stereocenters. The molecule has 1 aromatic carbocycles. The van der Waals surface area contributed by atoms with Crippen molar-refractivity contribution in [1.82, 2.24) is 5.43 Å². The summed E-state index contributed by atoms with van der Waals surface area (Å²) in [5.74, 6) is 2.68. The summed E-state index contributed by atoms with van der Waals surface area (Å²) < 4.78 is 5.73. The standard InChI is InChI=1S/C20H25N3O2/c1-4-23(5-2)16-8-6-15(7-9-16)20(24)22-21-13-17-10-11-19(25-17)18-12-14(18)3/h6-11,13-14,18H,4-5,12H2,1-3H3,(H,22,24)/b21-13-/t14-,18+/m1/s1. The molecule has 1 N–H and O–H groups in total. The minimum absolute atomic E-state index is 0.232. The lowest BCUT2D eigenvalue weighted by molar-refractivity contribution is 0.0955. The maximum Gasteiger partial charge on any atom is 0.271 e. The molecule has 0 aliphatic heterocycles. The highest BCUT2D eigenvalue weighted by molar-refractivity contribution is 5.95. The van der Waals surface area contributed by atoms with Gasteiger partial charge < -0.3 is 9.32 Å². The second-order valence-corrected chi connectivity index (χ2v) is 6.48. The monoisotopic (exact) mass is 339 g/mol. The summed E-state index contributed by atoms with van der Waals surface area (Å²) in [6.07, 6.45) is 2.73. The van der Waals surface area contributed by atoms with E-state index >= 15 is 0 Å². The van der Waals surface area contributed by atoms with Crippen molar-refractivity contribution in [2.75, 3.05) is 18.0 Å². The number of hydrogen-bond donors (Lipinski definition) is 1. The molecule has 0 saturated heterocycles. The van der Waals surface area contributed by atoms with Gasteiger partial charge in [0.05, 0.1) is 6.21 Å². The summed E-state index contributed by atoms with van der Waals surface area (Å²) in [6, 6.07) is 11.4. The Bertz CT molecular complexity index is 745. The number of carbonyl (C=O) groups is 1. The maximum atomic E-state index is 12.2. The van der Waals surface area contributed by atoms with Crippen LogP contribution in [-0.4, -0.2) is 25.2 Å². The van der Waals surface area contributed by atoms with Gasteiger partial charge in [0.15, 0.2) is 0 Å². The Balaban J connectivity index is 1.56. The van der Waals surface area contributed by atoms with Crippen LogP contribution in [0.25, 0.3) is 0 Å². The van der Waals surface area contributed by atoms with Crippen LogP contribution < -0.4 is 10.3 Å². The molecule has 1 saturated carbocycles. The summed E-state index contributed by atoms with van der Waals surface area (Å²) in [5.41, 5.74) is 4.24. The first kappa shape index (κ1) is 17.3. The Hall–Kier alpha value is -2.56. The number of rotatable bonds is 7. The second kappa shape index (κ2) is 7.55. The van der Waals surface area contributed by atoms with Crippen molar-refractivity contribution < 1.29 is 9.21 Å². The number of anilines is 1. The molecule has 0 spiro atoms. The molecular weight excluding hydrogens is 314 g/mol. The molecule has 5 heteroatoms. The van der Waals surface area contributed by atoms with Gasteiger partial charge in [-0.3, -0.25) is 4.79 Å². The van der Waals surface area contributed by atoms with E-state index in [-0.39, 0.29) is 5.91 Å². The topological polar surface area (TPSA) is 57.8 Å². The largest absolute Gasteiger partial charge is 0.460 e. The number of hydrogen-bond acceptors (Lipinski definition) is 4. The number of carbonyl (C=O) groups excluding carboxylic acids is 1. The SMILES string of the molecule is CCN(CC)c1ccc(C(=O)N/N=C\c2ccc([C@H]3C[C@H]3C)o2)cc1. The zero-order valence-corrected chi connectivity index (χ0v) is 15.0. The third-order valence-corrected chi connectivity index (χ3v) is 4.74. The third-order valence-electron chi connectivity index (χ3n) is 4.74. The van der Waals surface area contributed by atoms with Gasteiger partial charge in [-0.2, -0.15) is 5.10 Å². The Labute approximate surface area is 148 Å². The molecular formula is C20H25N3O2. The number of nitrogens with one attached hydrogen (secondary N) is 1. The molecule has 1 fully saturated rings. The van der Waals surface area contributed by atoms with E-state index in [2.05, 4.69) is 36.2 Å². The van der Waals surface area contributed by atoms with E-state index in [1.54, 1.807) is 6.21 Å². The molecule has 1 heterocycles. The zero-order chi connectivity index (χ0) is 17.8. The average molecular weight is 339 g/mol. The quantitative estimate of drug-likeness (QED) is 0.612. The van der Waals surface area contributed by atoms with Crippen LogP contribution in [0, 0.1) is 5.92 Å². The Morgan fingerprint density at radius 1 is 1.24 bits per heavy atom. The molecule has 2 aromatic rings. The van der Waals surface area contributed by atoms with Gasteiger partial charge in [-0.15, -0.1) is 0 Å². The predicted molar refractivity (Wildman–Crippen MR) is 100 cm³/mol. The number of nitrogens with zero attached hydrogens (tertiary/aromatic N) is 2. The minimum atomic E-state index is -0.232. The molecule has 132 valence electrons. The molecule has 1 aromatic heterocycles.